The minimum Gasteiger partial charge on any atom is -0.339 e. The summed E-state index contributed by atoms with van der Waals surface area (Å²) < 4.78 is 15.2. The van der Waals surface area contributed by atoms with Crippen LogP contribution >= 0.6 is 0 Å². The van der Waals surface area contributed by atoms with E-state index in [0.717, 1.165) is 18.4 Å². The van der Waals surface area contributed by atoms with Crippen LogP contribution in [-0.4, -0.2) is 26.9 Å². The standard InChI is InChI=1S/C23H24FN3O2/c1-2-26(15-16-6-5-7-17(24)14-16)22(28)13-12-21-25-20-9-4-3-8-19(20)23(29)27(21)18-10-11-18/h3-9,14,18H,2,10-13,15H2,1H3. The zero-order valence-electron chi connectivity index (χ0n) is 16.5. The minimum atomic E-state index is -0.306. The fourth-order valence-corrected chi connectivity index (χ4v) is 3.69. The van der Waals surface area contributed by atoms with Crippen LogP contribution in [-0.2, 0) is 17.8 Å². The Labute approximate surface area is 168 Å². The quantitative estimate of drug-likeness (QED) is 0.613. The van der Waals surface area contributed by atoms with Crippen LogP contribution in [0.4, 0.5) is 4.39 Å². The summed E-state index contributed by atoms with van der Waals surface area (Å²) >= 11 is 0. The number of rotatable bonds is 7. The first kappa shape index (κ1) is 19.3. The molecule has 1 heterocycles. The van der Waals surface area contributed by atoms with Gasteiger partial charge in [-0.05, 0) is 49.6 Å². The number of halogens is 1. The molecule has 2 aromatic carbocycles. The van der Waals surface area contributed by atoms with Crippen molar-refractivity contribution in [2.45, 2.75) is 45.2 Å². The Morgan fingerprint density at radius 1 is 1.21 bits per heavy atom. The summed E-state index contributed by atoms with van der Waals surface area (Å²) in [6.45, 7) is 2.81. The first-order valence-electron chi connectivity index (χ1n) is 10.1. The van der Waals surface area contributed by atoms with E-state index in [9.17, 15) is 14.0 Å². The molecule has 0 bridgehead atoms. The Morgan fingerprint density at radius 2 is 2.00 bits per heavy atom. The molecule has 0 saturated heterocycles. The van der Waals surface area contributed by atoms with E-state index in [4.69, 9.17) is 4.98 Å². The van der Waals surface area contributed by atoms with Crippen LogP contribution in [0.5, 0.6) is 0 Å². The zero-order chi connectivity index (χ0) is 20.4. The van der Waals surface area contributed by atoms with Gasteiger partial charge < -0.3 is 4.90 Å². The molecule has 1 aliphatic carbocycles. The van der Waals surface area contributed by atoms with E-state index in [1.54, 1.807) is 21.6 Å². The van der Waals surface area contributed by atoms with E-state index in [0.29, 0.717) is 36.2 Å². The Morgan fingerprint density at radius 3 is 2.72 bits per heavy atom. The van der Waals surface area contributed by atoms with Crippen LogP contribution in [0.1, 0.15) is 43.6 Å². The van der Waals surface area contributed by atoms with Gasteiger partial charge in [-0.25, -0.2) is 9.37 Å². The number of hydrogen-bond donors (Lipinski definition) is 0. The number of carbonyl (C=O) groups is 1. The van der Waals surface area contributed by atoms with Crippen molar-refractivity contribution >= 4 is 16.8 Å². The van der Waals surface area contributed by atoms with Gasteiger partial charge in [0.2, 0.25) is 5.91 Å². The van der Waals surface area contributed by atoms with E-state index >= 15 is 0 Å². The molecule has 0 N–H and O–H groups in total. The molecule has 1 amide bonds. The molecule has 6 heteroatoms. The summed E-state index contributed by atoms with van der Waals surface area (Å²) in [5, 5.41) is 0.621. The smallest absolute Gasteiger partial charge is 0.261 e. The number of para-hydroxylation sites is 1. The maximum absolute atomic E-state index is 13.4. The molecule has 1 aliphatic rings. The lowest BCUT2D eigenvalue weighted by molar-refractivity contribution is -0.131. The molecule has 0 atom stereocenters. The predicted molar refractivity (Wildman–Crippen MR) is 110 cm³/mol. The van der Waals surface area contributed by atoms with Crippen LogP contribution < -0.4 is 5.56 Å². The molecular formula is C23H24FN3O2. The topological polar surface area (TPSA) is 55.2 Å². The third-order valence-electron chi connectivity index (χ3n) is 5.35. The Kier molecular flexibility index (Phi) is 5.43. The van der Waals surface area contributed by atoms with Gasteiger partial charge >= 0.3 is 0 Å². The van der Waals surface area contributed by atoms with E-state index in [2.05, 4.69) is 0 Å². The van der Waals surface area contributed by atoms with Crippen molar-refractivity contribution in [1.82, 2.24) is 14.5 Å². The molecule has 1 aromatic heterocycles. The van der Waals surface area contributed by atoms with Crippen LogP contribution in [0, 0.1) is 5.82 Å². The maximum Gasteiger partial charge on any atom is 0.261 e. The number of carbonyl (C=O) groups excluding carboxylic acids is 1. The largest absolute Gasteiger partial charge is 0.339 e. The van der Waals surface area contributed by atoms with Gasteiger partial charge in [-0.1, -0.05) is 24.3 Å². The van der Waals surface area contributed by atoms with Crippen molar-refractivity contribution in [1.29, 1.82) is 0 Å². The minimum absolute atomic E-state index is 0.0207. The highest BCUT2D eigenvalue weighted by Crippen LogP contribution is 2.35. The van der Waals surface area contributed by atoms with E-state index < -0.39 is 0 Å². The average molecular weight is 393 g/mol. The van der Waals surface area contributed by atoms with Crippen LogP contribution in [0.3, 0.4) is 0 Å². The highest BCUT2D eigenvalue weighted by molar-refractivity contribution is 5.78. The molecule has 0 radical (unpaired) electrons. The lowest BCUT2D eigenvalue weighted by Crippen LogP contribution is -2.31. The molecule has 5 nitrogen and oxygen atoms in total. The summed E-state index contributed by atoms with van der Waals surface area (Å²) in [5.41, 5.74) is 1.41. The van der Waals surface area contributed by atoms with Gasteiger partial charge in [-0.15, -0.1) is 0 Å². The molecular weight excluding hydrogens is 369 g/mol. The first-order chi connectivity index (χ1) is 14.1. The second-order valence-corrected chi connectivity index (χ2v) is 7.49. The number of aromatic nitrogens is 2. The first-order valence-corrected chi connectivity index (χ1v) is 10.1. The third kappa shape index (κ3) is 4.21. The van der Waals surface area contributed by atoms with Crippen molar-refractivity contribution in [2.75, 3.05) is 6.54 Å². The van der Waals surface area contributed by atoms with Crippen LogP contribution in [0.15, 0.2) is 53.3 Å². The Balaban J connectivity index is 1.53. The van der Waals surface area contributed by atoms with E-state index in [-0.39, 0.29) is 29.7 Å². The third-order valence-corrected chi connectivity index (χ3v) is 5.35. The molecule has 4 rings (SSSR count). The number of aryl methyl sites for hydroxylation is 1. The van der Waals surface area contributed by atoms with Crippen LogP contribution in [0.2, 0.25) is 0 Å². The monoisotopic (exact) mass is 393 g/mol. The fourth-order valence-electron chi connectivity index (χ4n) is 3.69. The highest BCUT2D eigenvalue weighted by Gasteiger charge is 2.28. The molecule has 150 valence electrons. The Hall–Kier alpha value is -3.02. The maximum atomic E-state index is 13.4. The lowest BCUT2D eigenvalue weighted by atomic mass is 10.1. The predicted octanol–water partition coefficient (Wildman–Crippen LogP) is 3.85. The molecule has 1 fully saturated rings. The summed E-state index contributed by atoms with van der Waals surface area (Å²) in [6, 6.07) is 13.8. The van der Waals surface area contributed by atoms with Crippen molar-refractivity contribution in [3.8, 4) is 0 Å². The van der Waals surface area contributed by atoms with Crippen molar-refractivity contribution in [3.63, 3.8) is 0 Å². The Bertz CT molecular complexity index is 1100. The molecule has 0 aliphatic heterocycles. The van der Waals surface area contributed by atoms with Crippen molar-refractivity contribution in [2.24, 2.45) is 0 Å². The van der Waals surface area contributed by atoms with Gasteiger partial charge in [0.25, 0.3) is 5.56 Å². The normalized spacial score (nSPS) is 13.6. The molecule has 29 heavy (non-hydrogen) atoms. The number of hydrogen-bond acceptors (Lipinski definition) is 3. The van der Waals surface area contributed by atoms with E-state index in [1.165, 1.54) is 12.1 Å². The summed E-state index contributed by atoms with van der Waals surface area (Å²) in [4.78, 5) is 32.1. The second-order valence-electron chi connectivity index (χ2n) is 7.49. The fraction of sp³-hybridized carbons (Fsp3) is 0.348. The number of benzene rings is 2. The van der Waals surface area contributed by atoms with Crippen molar-refractivity contribution in [3.05, 3.63) is 76.1 Å². The highest BCUT2D eigenvalue weighted by atomic mass is 19.1. The molecule has 3 aromatic rings. The summed E-state index contributed by atoms with van der Waals surface area (Å²) in [6.07, 6.45) is 2.62. The van der Waals surface area contributed by atoms with Gasteiger partial charge in [-0.3, -0.25) is 14.2 Å². The lowest BCUT2D eigenvalue weighted by Gasteiger charge is -2.21. The SMILES string of the molecule is CCN(Cc1cccc(F)c1)C(=O)CCc1nc2ccccc2c(=O)n1C1CC1. The van der Waals surface area contributed by atoms with E-state index in [1.807, 2.05) is 31.2 Å². The van der Waals surface area contributed by atoms with Gasteiger partial charge in [0.1, 0.15) is 11.6 Å². The van der Waals surface area contributed by atoms with Crippen molar-refractivity contribution < 1.29 is 9.18 Å². The van der Waals surface area contributed by atoms with Gasteiger partial charge in [0.05, 0.1) is 10.9 Å². The van der Waals surface area contributed by atoms with Gasteiger partial charge in [0.15, 0.2) is 0 Å². The summed E-state index contributed by atoms with van der Waals surface area (Å²) in [5.74, 6) is 0.340. The van der Waals surface area contributed by atoms with Gasteiger partial charge in [-0.2, -0.15) is 0 Å². The second kappa shape index (κ2) is 8.15. The average Bonchev–Trinajstić information content (AvgIpc) is 3.55. The van der Waals surface area contributed by atoms with Crippen LogP contribution in [0.25, 0.3) is 10.9 Å². The van der Waals surface area contributed by atoms with Gasteiger partial charge in [0, 0.05) is 32.0 Å². The number of nitrogens with zero attached hydrogens (tertiary/aromatic N) is 3. The molecule has 1 saturated carbocycles. The molecule has 0 spiro atoms. The zero-order valence-corrected chi connectivity index (χ0v) is 16.5. The molecule has 0 unspecified atom stereocenters. The number of amides is 1. The summed E-state index contributed by atoms with van der Waals surface area (Å²) in [7, 11) is 0. The number of fused-ring (bicyclic) bond motifs is 1.